The fraction of sp³-hybridized carbons (Fsp3) is 0.476. The van der Waals surface area contributed by atoms with E-state index >= 15 is 0 Å². The molecular formula is C21H30N4O2. The molecule has 1 aromatic carbocycles. The number of aliphatic hydroxyl groups is 1. The number of nitrogens with one attached hydrogen (secondary N) is 2. The first-order chi connectivity index (χ1) is 12.4. The molecule has 0 aliphatic rings. The Hall–Kier alpha value is -2.47. The maximum absolute atomic E-state index is 10.7. The first-order valence-corrected chi connectivity index (χ1v) is 9.21. The van der Waals surface area contributed by atoms with Crippen LogP contribution in [0.15, 0.2) is 24.4 Å². The van der Waals surface area contributed by atoms with Crippen LogP contribution in [-0.4, -0.2) is 30.3 Å². The molecule has 27 heavy (non-hydrogen) atoms. The lowest BCUT2D eigenvalue weighted by molar-refractivity contribution is 0.0628. The van der Waals surface area contributed by atoms with Crippen LogP contribution in [0.4, 0.5) is 5.69 Å². The van der Waals surface area contributed by atoms with Crippen LogP contribution in [0, 0.1) is 5.41 Å². The molecule has 1 unspecified atom stereocenters. The van der Waals surface area contributed by atoms with Gasteiger partial charge in [-0.15, -0.1) is 0 Å². The molecule has 0 aliphatic heterocycles. The Kier molecular flexibility index (Phi) is 4.50. The van der Waals surface area contributed by atoms with Gasteiger partial charge >= 0.3 is 0 Å². The molecule has 0 spiro atoms. The number of hydrogen-bond acceptors (Lipinski definition) is 4. The standard InChI is InChI=1S/C21H30N4O2/c1-20(2,3)18(27)12-8-9-13-14(10-12)23-19(22-13)16-17(26)15(11-25(16)7)24-21(4,5)6/h8-11,18,24,26-27H,1-7H3,(H,22,23). The highest BCUT2D eigenvalue weighted by atomic mass is 16.3. The van der Waals surface area contributed by atoms with Crippen molar-refractivity contribution in [3.8, 4) is 17.3 Å². The third-order valence-corrected chi connectivity index (χ3v) is 4.53. The zero-order valence-corrected chi connectivity index (χ0v) is 17.2. The number of nitrogens with zero attached hydrogens (tertiary/aromatic N) is 2. The van der Waals surface area contributed by atoms with Crippen LogP contribution in [0.2, 0.25) is 0 Å². The average molecular weight is 370 g/mol. The van der Waals surface area contributed by atoms with Crippen molar-refractivity contribution >= 4 is 16.7 Å². The van der Waals surface area contributed by atoms with Gasteiger partial charge in [-0.2, -0.15) is 0 Å². The molecule has 0 amide bonds. The van der Waals surface area contributed by atoms with E-state index in [-0.39, 0.29) is 16.7 Å². The minimum atomic E-state index is -0.570. The molecule has 2 aromatic heterocycles. The molecule has 6 heteroatoms. The second-order valence-electron chi connectivity index (χ2n) is 9.36. The van der Waals surface area contributed by atoms with Gasteiger partial charge < -0.3 is 25.1 Å². The van der Waals surface area contributed by atoms with Gasteiger partial charge in [-0.1, -0.05) is 26.8 Å². The maximum atomic E-state index is 10.7. The number of anilines is 1. The van der Waals surface area contributed by atoms with E-state index in [0.717, 1.165) is 16.6 Å². The zero-order valence-electron chi connectivity index (χ0n) is 17.2. The number of aliphatic hydroxyl groups excluding tert-OH is 1. The van der Waals surface area contributed by atoms with Crippen LogP contribution >= 0.6 is 0 Å². The van der Waals surface area contributed by atoms with Gasteiger partial charge in [0.15, 0.2) is 11.6 Å². The van der Waals surface area contributed by atoms with E-state index in [1.807, 2.05) is 77.6 Å². The highest BCUT2D eigenvalue weighted by molar-refractivity contribution is 5.82. The van der Waals surface area contributed by atoms with Crippen LogP contribution in [0.3, 0.4) is 0 Å². The number of benzene rings is 1. The van der Waals surface area contributed by atoms with Crippen molar-refractivity contribution in [3.63, 3.8) is 0 Å². The van der Waals surface area contributed by atoms with E-state index < -0.39 is 6.10 Å². The van der Waals surface area contributed by atoms with Crippen molar-refractivity contribution in [3.05, 3.63) is 30.0 Å². The molecule has 0 saturated heterocycles. The zero-order chi connectivity index (χ0) is 20.1. The average Bonchev–Trinajstić information content (AvgIpc) is 3.04. The largest absolute Gasteiger partial charge is 0.504 e. The topological polar surface area (TPSA) is 86.1 Å². The fourth-order valence-electron chi connectivity index (χ4n) is 3.20. The summed E-state index contributed by atoms with van der Waals surface area (Å²) in [4.78, 5) is 7.92. The summed E-state index contributed by atoms with van der Waals surface area (Å²) < 4.78 is 1.85. The number of fused-ring (bicyclic) bond motifs is 1. The molecule has 2 heterocycles. The van der Waals surface area contributed by atoms with Crippen LogP contribution in [0.25, 0.3) is 22.6 Å². The molecule has 0 radical (unpaired) electrons. The number of aromatic nitrogens is 3. The van der Waals surface area contributed by atoms with Gasteiger partial charge in [-0.3, -0.25) is 0 Å². The number of hydrogen-bond donors (Lipinski definition) is 4. The van der Waals surface area contributed by atoms with Crippen LogP contribution in [0.5, 0.6) is 5.75 Å². The molecule has 3 rings (SSSR count). The molecule has 6 nitrogen and oxygen atoms in total. The van der Waals surface area contributed by atoms with E-state index in [4.69, 9.17) is 0 Å². The summed E-state index contributed by atoms with van der Waals surface area (Å²) in [5, 5.41) is 24.6. The Morgan fingerprint density at radius 3 is 2.41 bits per heavy atom. The van der Waals surface area contributed by atoms with E-state index in [0.29, 0.717) is 17.2 Å². The molecule has 0 fully saturated rings. The number of rotatable bonds is 3. The van der Waals surface area contributed by atoms with Crippen molar-refractivity contribution in [1.82, 2.24) is 14.5 Å². The summed E-state index contributed by atoms with van der Waals surface area (Å²) in [6.07, 6.45) is 1.29. The fourth-order valence-corrected chi connectivity index (χ4v) is 3.20. The summed E-state index contributed by atoms with van der Waals surface area (Å²) in [6.45, 7) is 12.1. The lowest BCUT2D eigenvalue weighted by Gasteiger charge is -2.26. The quantitative estimate of drug-likeness (QED) is 0.544. The van der Waals surface area contributed by atoms with E-state index in [2.05, 4.69) is 15.3 Å². The third kappa shape index (κ3) is 3.81. The predicted molar refractivity (Wildman–Crippen MR) is 110 cm³/mol. The van der Waals surface area contributed by atoms with Crippen molar-refractivity contribution in [1.29, 1.82) is 0 Å². The summed E-state index contributed by atoms with van der Waals surface area (Å²) >= 11 is 0. The Morgan fingerprint density at radius 1 is 1.15 bits per heavy atom. The van der Waals surface area contributed by atoms with Crippen LogP contribution < -0.4 is 5.32 Å². The highest BCUT2D eigenvalue weighted by Gasteiger charge is 2.25. The molecule has 3 aromatic rings. The first kappa shape index (κ1) is 19.3. The molecule has 4 N–H and O–H groups in total. The van der Waals surface area contributed by atoms with E-state index in [1.54, 1.807) is 0 Å². The minimum Gasteiger partial charge on any atom is -0.504 e. The normalized spacial score (nSPS) is 13.9. The van der Waals surface area contributed by atoms with Crippen LogP contribution in [-0.2, 0) is 7.05 Å². The van der Waals surface area contributed by atoms with Crippen molar-refractivity contribution in [2.24, 2.45) is 12.5 Å². The van der Waals surface area contributed by atoms with Gasteiger partial charge in [0.2, 0.25) is 0 Å². The number of imidazole rings is 1. The third-order valence-electron chi connectivity index (χ3n) is 4.53. The second-order valence-corrected chi connectivity index (χ2v) is 9.36. The van der Waals surface area contributed by atoms with Crippen molar-refractivity contribution in [2.75, 3.05) is 5.32 Å². The van der Waals surface area contributed by atoms with Crippen molar-refractivity contribution < 1.29 is 10.2 Å². The first-order valence-electron chi connectivity index (χ1n) is 9.21. The Morgan fingerprint density at radius 2 is 1.81 bits per heavy atom. The molecule has 0 saturated carbocycles. The lowest BCUT2D eigenvalue weighted by Crippen LogP contribution is -2.25. The number of aryl methyl sites for hydroxylation is 1. The molecule has 1 atom stereocenters. The number of H-pyrrole nitrogens is 1. The molecule has 0 bridgehead atoms. The number of aromatic amines is 1. The Balaban J connectivity index is 2.04. The van der Waals surface area contributed by atoms with E-state index in [1.165, 1.54) is 0 Å². The number of aromatic hydroxyl groups is 1. The van der Waals surface area contributed by atoms with Gasteiger partial charge in [-0.25, -0.2) is 4.98 Å². The van der Waals surface area contributed by atoms with Crippen molar-refractivity contribution in [2.45, 2.75) is 53.2 Å². The monoisotopic (exact) mass is 370 g/mol. The summed E-state index contributed by atoms with van der Waals surface area (Å²) in [7, 11) is 1.88. The smallest absolute Gasteiger partial charge is 0.168 e. The molecular weight excluding hydrogens is 340 g/mol. The van der Waals surface area contributed by atoms with Gasteiger partial charge in [0, 0.05) is 18.8 Å². The van der Waals surface area contributed by atoms with Gasteiger partial charge in [0.1, 0.15) is 5.69 Å². The second kappa shape index (κ2) is 6.30. The van der Waals surface area contributed by atoms with Gasteiger partial charge in [0.25, 0.3) is 0 Å². The van der Waals surface area contributed by atoms with Gasteiger partial charge in [0.05, 0.1) is 22.8 Å². The summed E-state index contributed by atoms with van der Waals surface area (Å²) in [6, 6.07) is 5.73. The van der Waals surface area contributed by atoms with E-state index in [9.17, 15) is 10.2 Å². The highest BCUT2D eigenvalue weighted by Crippen LogP contribution is 2.38. The maximum Gasteiger partial charge on any atom is 0.168 e. The SMILES string of the molecule is Cn1cc(NC(C)(C)C)c(O)c1-c1nc2ccc(C(O)C(C)(C)C)cc2[nH]1. The minimum absolute atomic E-state index is 0.165. The van der Waals surface area contributed by atoms with Crippen LogP contribution in [0.1, 0.15) is 53.2 Å². The molecule has 0 aliphatic carbocycles. The summed E-state index contributed by atoms with van der Waals surface area (Å²) in [5.74, 6) is 0.760. The Bertz CT molecular complexity index is 971. The summed E-state index contributed by atoms with van der Waals surface area (Å²) in [5.41, 5.74) is 3.34. The molecule has 146 valence electrons. The Labute approximate surface area is 160 Å². The predicted octanol–water partition coefficient (Wildman–Crippen LogP) is 4.56. The lowest BCUT2D eigenvalue weighted by atomic mass is 9.85. The van der Waals surface area contributed by atoms with Gasteiger partial charge in [-0.05, 0) is 43.9 Å².